The van der Waals surface area contributed by atoms with Crippen LogP contribution in [-0.4, -0.2) is 28.2 Å². The Balaban J connectivity index is 2.10. The van der Waals surface area contributed by atoms with E-state index in [1.165, 1.54) is 0 Å². The summed E-state index contributed by atoms with van der Waals surface area (Å²) in [5.41, 5.74) is 1.64. The molecule has 0 aliphatic rings. The predicted octanol–water partition coefficient (Wildman–Crippen LogP) is 3.12. The van der Waals surface area contributed by atoms with Gasteiger partial charge < -0.3 is 15.2 Å². The van der Waals surface area contributed by atoms with Gasteiger partial charge in [0.1, 0.15) is 12.4 Å². The number of rotatable bonds is 6. The molecule has 0 unspecified atom stereocenters. The number of aliphatic hydroxyl groups is 1. The van der Waals surface area contributed by atoms with Gasteiger partial charge in [-0.1, -0.05) is 23.7 Å². The summed E-state index contributed by atoms with van der Waals surface area (Å²) in [4.78, 5) is 8.66. The molecule has 0 spiro atoms. The van der Waals surface area contributed by atoms with E-state index in [9.17, 15) is 5.11 Å². The van der Waals surface area contributed by atoms with Crippen LogP contribution in [0.15, 0.2) is 30.3 Å². The van der Waals surface area contributed by atoms with Gasteiger partial charge >= 0.3 is 0 Å². The average molecular weight is 322 g/mol. The number of nitrogens with one attached hydrogen (secondary N) is 1. The first-order chi connectivity index (χ1) is 10.5. The first-order valence-electron chi connectivity index (χ1n) is 7.03. The van der Waals surface area contributed by atoms with Gasteiger partial charge in [0.2, 0.25) is 0 Å². The molecular formula is C16H20ClN3O2. The van der Waals surface area contributed by atoms with Crippen LogP contribution in [0.5, 0.6) is 0 Å². The number of benzene rings is 1. The fraction of sp³-hybridized carbons (Fsp3) is 0.375. The number of nitrogens with zero attached hydrogens (tertiary/aromatic N) is 2. The number of anilines is 1. The van der Waals surface area contributed by atoms with Crippen molar-refractivity contribution in [1.29, 1.82) is 0 Å². The molecule has 0 amide bonds. The molecule has 0 radical (unpaired) electrons. The van der Waals surface area contributed by atoms with Crippen LogP contribution < -0.4 is 5.32 Å². The SMILES string of the molecule is COCc1nc(C)cc(N[C@@H](C)[C@@H](O)c2ccc(Cl)cc2)n1. The molecule has 2 rings (SSSR count). The molecule has 0 saturated heterocycles. The topological polar surface area (TPSA) is 67.3 Å². The summed E-state index contributed by atoms with van der Waals surface area (Å²) in [5, 5.41) is 14.3. The van der Waals surface area contributed by atoms with Crippen molar-refractivity contribution in [2.75, 3.05) is 12.4 Å². The highest BCUT2D eigenvalue weighted by atomic mass is 35.5. The summed E-state index contributed by atoms with van der Waals surface area (Å²) < 4.78 is 5.06. The van der Waals surface area contributed by atoms with E-state index < -0.39 is 6.10 Å². The zero-order valence-corrected chi connectivity index (χ0v) is 13.6. The highest BCUT2D eigenvalue weighted by molar-refractivity contribution is 6.30. The maximum absolute atomic E-state index is 10.4. The van der Waals surface area contributed by atoms with Crippen molar-refractivity contribution in [3.05, 3.63) is 52.4 Å². The number of aromatic nitrogens is 2. The molecule has 1 aromatic carbocycles. The van der Waals surface area contributed by atoms with E-state index in [2.05, 4.69) is 15.3 Å². The summed E-state index contributed by atoms with van der Waals surface area (Å²) in [6.07, 6.45) is -0.668. The van der Waals surface area contributed by atoms with Crippen LogP contribution in [0.4, 0.5) is 5.82 Å². The minimum absolute atomic E-state index is 0.217. The molecule has 1 heterocycles. The highest BCUT2D eigenvalue weighted by Gasteiger charge is 2.17. The fourth-order valence-corrected chi connectivity index (χ4v) is 2.28. The van der Waals surface area contributed by atoms with Crippen LogP contribution in [0.25, 0.3) is 0 Å². The predicted molar refractivity (Wildman–Crippen MR) is 87.0 cm³/mol. The molecule has 0 aliphatic carbocycles. The van der Waals surface area contributed by atoms with E-state index in [0.29, 0.717) is 23.3 Å². The normalized spacial score (nSPS) is 13.7. The highest BCUT2D eigenvalue weighted by Crippen LogP contribution is 2.21. The number of aryl methyl sites for hydroxylation is 1. The Bertz CT molecular complexity index is 619. The van der Waals surface area contributed by atoms with Gasteiger partial charge in [0, 0.05) is 23.9 Å². The smallest absolute Gasteiger partial charge is 0.156 e. The number of halogens is 1. The Morgan fingerprint density at radius 2 is 1.95 bits per heavy atom. The number of ether oxygens (including phenoxy) is 1. The minimum atomic E-state index is -0.668. The summed E-state index contributed by atoms with van der Waals surface area (Å²) in [6.45, 7) is 4.14. The molecule has 22 heavy (non-hydrogen) atoms. The maximum Gasteiger partial charge on any atom is 0.156 e. The Morgan fingerprint density at radius 1 is 1.27 bits per heavy atom. The monoisotopic (exact) mass is 321 g/mol. The summed E-state index contributed by atoms with van der Waals surface area (Å²) in [7, 11) is 1.60. The molecule has 0 aliphatic heterocycles. The minimum Gasteiger partial charge on any atom is -0.386 e. The third-order valence-corrected chi connectivity index (χ3v) is 3.49. The van der Waals surface area contributed by atoms with Crippen LogP contribution in [-0.2, 0) is 11.3 Å². The first-order valence-corrected chi connectivity index (χ1v) is 7.41. The average Bonchev–Trinajstić information content (AvgIpc) is 2.47. The standard InChI is InChI=1S/C16H20ClN3O2/c1-10-8-14(20-15(18-10)9-22-3)19-11(2)16(21)12-4-6-13(17)7-5-12/h4-8,11,16,21H,9H2,1-3H3,(H,18,19,20)/t11-,16+/m0/s1. The second kappa shape index (κ2) is 7.54. The van der Waals surface area contributed by atoms with Gasteiger partial charge in [0.15, 0.2) is 5.82 Å². The maximum atomic E-state index is 10.4. The Kier molecular flexibility index (Phi) is 5.71. The van der Waals surface area contributed by atoms with Crippen LogP contribution in [0.1, 0.15) is 30.1 Å². The molecule has 2 aromatic rings. The van der Waals surface area contributed by atoms with Crippen molar-refractivity contribution in [2.45, 2.75) is 32.6 Å². The molecule has 118 valence electrons. The second-order valence-corrected chi connectivity index (χ2v) is 5.61. The van der Waals surface area contributed by atoms with Crippen molar-refractivity contribution in [3.8, 4) is 0 Å². The number of hydrogen-bond acceptors (Lipinski definition) is 5. The third kappa shape index (κ3) is 4.40. The van der Waals surface area contributed by atoms with Crippen molar-refractivity contribution in [3.63, 3.8) is 0 Å². The summed E-state index contributed by atoms with van der Waals surface area (Å²) in [6, 6.07) is 8.77. The van der Waals surface area contributed by atoms with Crippen LogP contribution in [0.2, 0.25) is 5.02 Å². The third-order valence-electron chi connectivity index (χ3n) is 3.23. The van der Waals surface area contributed by atoms with Gasteiger partial charge in [-0.25, -0.2) is 9.97 Å². The molecule has 0 fully saturated rings. The van der Waals surface area contributed by atoms with Gasteiger partial charge in [-0.3, -0.25) is 0 Å². The number of methoxy groups -OCH3 is 1. The van der Waals surface area contributed by atoms with E-state index in [-0.39, 0.29) is 6.04 Å². The lowest BCUT2D eigenvalue weighted by molar-refractivity contribution is 0.160. The molecule has 0 saturated carbocycles. The largest absolute Gasteiger partial charge is 0.386 e. The molecule has 6 heteroatoms. The molecule has 5 nitrogen and oxygen atoms in total. The van der Waals surface area contributed by atoms with E-state index in [0.717, 1.165) is 11.3 Å². The van der Waals surface area contributed by atoms with Crippen LogP contribution in [0.3, 0.4) is 0 Å². The zero-order chi connectivity index (χ0) is 16.1. The Hall–Kier alpha value is -1.69. The van der Waals surface area contributed by atoms with Gasteiger partial charge in [-0.2, -0.15) is 0 Å². The molecular weight excluding hydrogens is 302 g/mol. The van der Waals surface area contributed by atoms with Crippen LogP contribution >= 0.6 is 11.6 Å². The van der Waals surface area contributed by atoms with Crippen molar-refractivity contribution < 1.29 is 9.84 Å². The zero-order valence-electron chi connectivity index (χ0n) is 12.9. The molecule has 2 N–H and O–H groups in total. The summed E-state index contributed by atoms with van der Waals surface area (Å²) >= 11 is 5.86. The van der Waals surface area contributed by atoms with Crippen molar-refractivity contribution in [2.24, 2.45) is 0 Å². The quantitative estimate of drug-likeness (QED) is 0.855. The number of aliphatic hydroxyl groups excluding tert-OH is 1. The lowest BCUT2D eigenvalue weighted by Crippen LogP contribution is -2.25. The van der Waals surface area contributed by atoms with Gasteiger partial charge in [-0.15, -0.1) is 0 Å². The van der Waals surface area contributed by atoms with E-state index in [1.54, 1.807) is 19.2 Å². The first kappa shape index (κ1) is 16.7. The van der Waals surface area contributed by atoms with Gasteiger partial charge in [0.25, 0.3) is 0 Å². The number of hydrogen-bond donors (Lipinski definition) is 2. The Morgan fingerprint density at radius 3 is 2.59 bits per heavy atom. The Labute approximate surface area is 135 Å². The fourth-order valence-electron chi connectivity index (χ4n) is 2.16. The molecule has 1 aromatic heterocycles. The summed E-state index contributed by atoms with van der Waals surface area (Å²) in [5.74, 6) is 1.28. The van der Waals surface area contributed by atoms with Crippen LogP contribution in [0, 0.1) is 6.92 Å². The van der Waals surface area contributed by atoms with Crippen molar-refractivity contribution in [1.82, 2.24) is 9.97 Å². The van der Waals surface area contributed by atoms with Gasteiger partial charge in [0.05, 0.1) is 12.1 Å². The lowest BCUT2D eigenvalue weighted by atomic mass is 10.0. The second-order valence-electron chi connectivity index (χ2n) is 5.17. The van der Waals surface area contributed by atoms with Gasteiger partial charge in [-0.05, 0) is 31.5 Å². The van der Waals surface area contributed by atoms with E-state index in [1.807, 2.05) is 32.0 Å². The van der Waals surface area contributed by atoms with E-state index in [4.69, 9.17) is 16.3 Å². The molecule has 2 atom stereocenters. The lowest BCUT2D eigenvalue weighted by Gasteiger charge is -2.21. The van der Waals surface area contributed by atoms with Crippen molar-refractivity contribution >= 4 is 17.4 Å². The van der Waals surface area contributed by atoms with E-state index >= 15 is 0 Å². The molecule has 0 bridgehead atoms.